The van der Waals surface area contributed by atoms with Crippen LogP contribution in [0.1, 0.15) is 17.0 Å². The van der Waals surface area contributed by atoms with Crippen molar-refractivity contribution in [3.63, 3.8) is 0 Å². The summed E-state index contributed by atoms with van der Waals surface area (Å²) in [6.45, 7) is 2.27. The summed E-state index contributed by atoms with van der Waals surface area (Å²) >= 11 is 0. The van der Waals surface area contributed by atoms with Crippen LogP contribution in [0.25, 0.3) is 0 Å². The number of carbonyl (C=O) groups is 3. The van der Waals surface area contributed by atoms with Crippen LogP contribution >= 0.6 is 0 Å². The van der Waals surface area contributed by atoms with Crippen molar-refractivity contribution in [2.75, 3.05) is 38.2 Å². The lowest BCUT2D eigenvalue weighted by Crippen LogP contribution is -3.19. The molecular formula is C20H22N3O5+. The molecule has 2 aromatic rings. The predicted molar refractivity (Wildman–Crippen MR) is 99.2 cm³/mol. The van der Waals surface area contributed by atoms with Crippen LogP contribution in [0.5, 0.6) is 5.75 Å². The van der Waals surface area contributed by atoms with Gasteiger partial charge in [0.25, 0.3) is 11.8 Å². The van der Waals surface area contributed by atoms with Gasteiger partial charge >= 0.3 is 0 Å². The van der Waals surface area contributed by atoms with E-state index >= 15 is 0 Å². The number of benzene rings is 1. The Bertz CT molecular complexity index is 887. The van der Waals surface area contributed by atoms with E-state index in [2.05, 4.69) is 0 Å². The monoisotopic (exact) mass is 384 g/mol. The number of amides is 3. The number of carbonyl (C=O) groups excluding carboxylic acids is 3. The molecule has 0 radical (unpaired) electrons. The molecule has 2 saturated heterocycles. The summed E-state index contributed by atoms with van der Waals surface area (Å²) in [6, 6.07) is 9.86. The van der Waals surface area contributed by atoms with E-state index in [4.69, 9.17) is 9.15 Å². The van der Waals surface area contributed by atoms with Gasteiger partial charge in [0, 0.05) is 6.07 Å². The first kappa shape index (κ1) is 18.2. The minimum absolute atomic E-state index is 0.143. The third-order valence-corrected chi connectivity index (χ3v) is 5.38. The van der Waals surface area contributed by atoms with Crippen molar-refractivity contribution in [1.82, 2.24) is 4.90 Å². The number of quaternary nitrogens is 1. The number of hydrogen-bond donors (Lipinski definition) is 1. The average Bonchev–Trinajstić information content (AvgIpc) is 3.36. The zero-order chi connectivity index (χ0) is 19.7. The van der Waals surface area contributed by atoms with Gasteiger partial charge in [-0.15, -0.1) is 0 Å². The number of furan rings is 1. The Morgan fingerprint density at radius 2 is 1.96 bits per heavy atom. The van der Waals surface area contributed by atoms with E-state index in [1.54, 1.807) is 48.4 Å². The topological polar surface area (TPSA) is 84.5 Å². The second-order valence-electron chi connectivity index (χ2n) is 6.95. The maximum atomic E-state index is 13.0. The van der Waals surface area contributed by atoms with Crippen LogP contribution in [-0.4, -0.2) is 62.0 Å². The second kappa shape index (κ2) is 7.47. The zero-order valence-corrected chi connectivity index (χ0v) is 15.6. The number of nitrogens with zero attached hydrogens (tertiary/aromatic N) is 2. The molecule has 8 heteroatoms. The van der Waals surface area contributed by atoms with E-state index in [1.807, 2.05) is 0 Å². The summed E-state index contributed by atoms with van der Waals surface area (Å²) in [5.41, 5.74) is 0.530. The number of piperazine rings is 1. The standard InChI is InChI=1S/C20H21N3O5/c1-27-15-5-2-4-14(12-15)23-18(24)13-16(19(23)25)21-7-9-22(10-8-21)20(26)17-6-3-11-28-17/h2-6,11-12,16H,7-10,13H2,1H3/p+1/t16-/m1/s1. The summed E-state index contributed by atoms with van der Waals surface area (Å²) in [4.78, 5) is 41.9. The van der Waals surface area contributed by atoms with E-state index < -0.39 is 6.04 Å². The lowest BCUT2D eigenvalue weighted by Gasteiger charge is -2.34. The quantitative estimate of drug-likeness (QED) is 0.748. The molecule has 0 spiro atoms. The first-order chi connectivity index (χ1) is 13.6. The second-order valence-corrected chi connectivity index (χ2v) is 6.95. The van der Waals surface area contributed by atoms with Gasteiger partial charge in [-0.05, 0) is 24.3 Å². The Morgan fingerprint density at radius 1 is 1.18 bits per heavy atom. The molecule has 0 aliphatic carbocycles. The molecule has 2 aliphatic heterocycles. The van der Waals surface area contributed by atoms with Gasteiger partial charge in [-0.1, -0.05) is 6.07 Å². The summed E-state index contributed by atoms with van der Waals surface area (Å²) in [5.74, 6) is 0.374. The molecule has 3 amide bonds. The number of ether oxygens (including phenoxy) is 1. The van der Waals surface area contributed by atoms with Crippen molar-refractivity contribution in [3.8, 4) is 5.75 Å². The Morgan fingerprint density at radius 3 is 2.64 bits per heavy atom. The van der Waals surface area contributed by atoms with Crippen LogP contribution in [0.4, 0.5) is 5.69 Å². The Balaban J connectivity index is 1.42. The summed E-state index contributed by atoms with van der Waals surface area (Å²) < 4.78 is 10.4. The lowest BCUT2D eigenvalue weighted by atomic mass is 10.1. The van der Waals surface area contributed by atoms with Gasteiger partial charge in [0.1, 0.15) is 5.75 Å². The van der Waals surface area contributed by atoms with Crippen molar-refractivity contribution in [2.45, 2.75) is 12.5 Å². The fourth-order valence-electron chi connectivity index (χ4n) is 3.87. The van der Waals surface area contributed by atoms with E-state index in [0.717, 1.165) is 4.90 Å². The summed E-state index contributed by atoms with van der Waals surface area (Å²) in [5, 5.41) is 0. The summed E-state index contributed by atoms with van der Waals surface area (Å²) in [6.07, 6.45) is 1.65. The van der Waals surface area contributed by atoms with E-state index in [1.165, 1.54) is 11.2 Å². The highest BCUT2D eigenvalue weighted by Gasteiger charge is 2.46. The number of rotatable bonds is 4. The van der Waals surface area contributed by atoms with Crippen molar-refractivity contribution in [3.05, 3.63) is 48.4 Å². The maximum absolute atomic E-state index is 13.0. The van der Waals surface area contributed by atoms with E-state index in [0.29, 0.717) is 43.4 Å². The predicted octanol–water partition coefficient (Wildman–Crippen LogP) is -0.0390. The molecular weight excluding hydrogens is 362 g/mol. The molecule has 1 N–H and O–H groups in total. The van der Waals surface area contributed by atoms with Crippen molar-refractivity contribution < 1.29 is 28.4 Å². The number of methoxy groups -OCH3 is 1. The number of anilines is 1. The Hall–Kier alpha value is -3.13. The molecule has 8 nitrogen and oxygen atoms in total. The van der Waals surface area contributed by atoms with Gasteiger partial charge in [0.15, 0.2) is 11.8 Å². The first-order valence-corrected chi connectivity index (χ1v) is 9.26. The molecule has 1 atom stereocenters. The number of imide groups is 1. The molecule has 1 aromatic carbocycles. The van der Waals surface area contributed by atoms with Crippen molar-refractivity contribution in [2.24, 2.45) is 0 Å². The zero-order valence-electron chi connectivity index (χ0n) is 15.6. The third-order valence-electron chi connectivity index (χ3n) is 5.38. The molecule has 4 rings (SSSR count). The van der Waals surface area contributed by atoms with Crippen LogP contribution < -0.4 is 14.5 Å². The minimum atomic E-state index is -0.417. The Kier molecular flexibility index (Phi) is 4.87. The largest absolute Gasteiger partial charge is 0.497 e. The van der Waals surface area contributed by atoms with Crippen LogP contribution in [0.15, 0.2) is 47.1 Å². The van der Waals surface area contributed by atoms with Crippen LogP contribution in [0.3, 0.4) is 0 Å². The molecule has 28 heavy (non-hydrogen) atoms. The molecule has 2 fully saturated rings. The number of hydrogen-bond acceptors (Lipinski definition) is 5. The minimum Gasteiger partial charge on any atom is -0.497 e. The fourth-order valence-corrected chi connectivity index (χ4v) is 3.87. The van der Waals surface area contributed by atoms with Crippen LogP contribution in [-0.2, 0) is 9.59 Å². The smallest absolute Gasteiger partial charge is 0.292 e. The average molecular weight is 384 g/mol. The highest BCUT2D eigenvalue weighted by molar-refractivity contribution is 6.21. The normalized spacial score (nSPS) is 20.7. The van der Waals surface area contributed by atoms with Crippen LogP contribution in [0.2, 0.25) is 0 Å². The first-order valence-electron chi connectivity index (χ1n) is 9.26. The molecule has 1 aromatic heterocycles. The number of nitrogens with one attached hydrogen (secondary N) is 1. The maximum Gasteiger partial charge on any atom is 0.292 e. The highest BCUT2D eigenvalue weighted by atomic mass is 16.5. The van der Waals surface area contributed by atoms with Gasteiger partial charge in [0.2, 0.25) is 5.91 Å². The summed E-state index contributed by atoms with van der Waals surface area (Å²) in [7, 11) is 1.54. The van der Waals surface area contributed by atoms with E-state index in [9.17, 15) is 14.4 Å². The highest BCUT2D eigenvalue weighted by Crippen LogP contribution is 2.25. The molecule has 0 unspecified atom stereocenters. The van der Waals surface area contributed by atoms with Gasteiger partial charge in [-0.25, -0.2) is 4.90 Å². The van der Waals surface area contributed by atoms with Gasteiger partial charge in [-0.3, -0.25) is 14.4 Å². The Labute approximate surface area is 162 Å². The third kappa shape index (κ3) is 3.27. The van der Waals surface area contributed by atoms with Crippen molar-refractivity contribution in [1.29, 1.82) is 0 Å². The van der Waals surface area contributed by atoms with Crippen LogP contribution in [0, 0.1) is 0 Å². The lowest BCUT2D eigenvalue weighted by molar-refractivity contribution is -0.918. The fraction of sp³-hybridized carbons (Fsp3) is 0.350. The SMILES string of the molecule is COc1cccc(N2C(=O)C[C@@H]([NH+]3CCN(C(=O)c4ccco4)CC3)C2=O)c1. The van der Waals surface area contributed by atoms with E-state index in [-0.39, 0.29) is 24.1 Å². The molecule has 146 valence electrons. The molecule has 3 heterocycles. The molecule has 0 saturated carbocycles. The van der Waals surface area contributed by atoms with Gasteiger partial charge in [-0.2, -0.15) is 0 Å². The van der Waals surface area contributed by atoms with Crippen molar-refractivity contribution >= 4 is 23.4 Å². The molecule has 2 aliphatic rings. The van der Waals surface area contributed by atoms with Gasteiger partial charge in [0.05, 0.1) is 51.7 Å². The molecule has 0 bridgehead atoms. The van der Waals surface area contributed by atoms with Gasteiger partial charge < -0.3 is 19.0 Å².